The SMILES string of the molecule is Cc1ccc2nc3n(c2c1)[C@@H](CNC1CCCCC1)COC3. The Bertz CT molecular complexity index is 658. The lowest BCUT2D eigenvalue weighted by Gasteiger charge is -2.30. The van der Waals surface area contributed by atoms with Crippen LogP contribution in [0.3, 0.4) is 0 Å². The molecule has 4 rings (SSSR count). The molecule has 2 aliphatic rings. The van der Waals surface area contributed by atoms with Crippen LogP contribution in [-0.4, -0.2) is 28.7 Å². The molecule has 118 valence electrons. The van der Waals surface area contributed by atoms with Gasteiger partial charge in [0.05, 0.1) is 23.7 Å². The Morgan fingerprint density at radius 1 is 1.27 bits per heavy atom. The largest absolute Gasteiger partial charge is 0.371 e. The number of nitrogens with one attached hydrogen (secondary N) is 1. The highest BCUT2D eigenvalue weighted by Gasteiger charge is 2.25. The number of fused-ring (bicyclic) bond motifs is 3. The van der Waals surface area contributed by atoms with Crippen molar-refractivity contribution in [1.82, 2.24) is 14.9 Å². The van der Waals surface area contributed by atoms with E-state index < -0.39 is 0 Å². The van der Waals surface area contributed by atoms with Crippen LogP contribution in [0.25, 0.3) is 11.0 Å². The minimum atomic E-state index is 0.359. The van der Waals surface area contributed by atoms with Crippen molar-refractivity contribution in [1.29, 1.82) is 0 Å². The fraction of sp³-hybridized carbons (Fsp3) is 0.611. The predicted octanol–water partition coefficient (Wildman–Crippen LogP) is 3.34. The van der Waals surface area contributed by atoms with Gasteiger partial charge in [-0.25, -0.2) is 4.98 Å². The molecule has 2 heterocycles. The van der Waals surface area contributed by atoms with Crippen molar-refractivity contribution in [2.45, 2.75) is 57.7 Å². The van der Waals surface area contributed by atoms with E-state index in [1.54, 1.807) is 0 Å². The van der Waals surface area contributed by atoms with E-state index in [9.17, 15) is 0 Å². The third-order valence-corrected chi connectivity index (χ3v) is 5.07. The van der Waals surface area contributed by atoms with Gasteiger partial charge in [0.15, 0.2) is 0 Å². The summed E-state index contributed by atoms with van der Waals surface area (Å²) >= 11 is 0. The second-order valence-corrected chi connectivity index (χ2v) is 6.80. The molecule has 0 spiro atoms. The molecular formula is C18H25N3O. The minimum absolute atomic E-state index is 0.359. The number of nitrogens with zero attached hydrogens (tertiary/aromatic N) is 2. The second-order valence-electron chi connectivity index (χ2n) is 6.80. The fourth-order valence-corrected chi connectivity index (χ4v) is 3.88. The first-order chi connectivity index (χ1) is 10.8. The zero-order valence-corrected chi connectivity index (χ0v) is 13.3. The first-order valence-corrected chi connectivity index (χ1v) is 8.60. The van der Waals surface area contributed by atoms with Crippen LogP contribution in [0.4, 0.5) is 0 Å². The fourth-order valence-electron chi connectivity index (χ4n) is 3.88. The molecule has 0 unspecified atom stereocenters. The number of benzene rings is 1. The summed E-state index contributed by atoms with van der Waals surface area (Å²) in [5, 5.41) is 3.77. The number of aryl methyl sites for hydroxylation is 1. The maximum atomic E-state index is 5.78. The van der Waals surface area contributed by atoms with E-state index >= 15 is 0 Å². The molecule has 1 aromatic carbocycles. The third kappa shape index (κ3) is 2.66. The van der Waals surface area contributed by atoms with Crippen LogP contribution in [0, 0.1) is 6.92 Å². The van der Waals surface area contributed by atoms with E-state index in [1.165, 1.54) is 43.2 Å². The molecule has 1 fully saturated rings. The Labute approximate surface area is 131 Å². The molecule has 0 amide bonds. The molecule has 1 N–H and O–H groups in total. The van der Waals surface area contributed by atoms with Gasteiger partial charge >= 0.3 is 0 Å². The van der Waals surface area contributed by atoms with Gasteiger partial charge in [-0.3, -0.25) is 0 Å². The smallest absolute Gasteiger partial charge is 0.136 e. The number of ether oxygens (including phenoxy) is 1. The Morgan fingerprint density at radius 3 is 3.00 bits per heavy atom. The van der Waals surface area contributed by atoms with Gasteiger partial charge in [0.25, 0.3) is 0 Å². The summed E-state index contributed by atoms with van der Waals surface area (Å²) in [6, 6.07) is 7.57. The van der Waals surface area contributed by atoms with Gasteiger partial charge in [0.2, 0.25) is 0 Å². The molecule has 1 atom stereocenters. The quantitative estimate of drug-likeness (QED) is 0.945. The molecule has 1 aliphatic heterocycles. The zero-order chi connectivity index (χ0) is 14.9. The first-order valence-electron chi connectivity index (χ1n) is 8.60. The van der Waals surface area contributed by atoms with Crippen molar-refractivity contribution < 1.29 is 4.74 Å². The van der Waals surface area contributed by atoms with Crippen LogP contribution >= 0.6 is 0 Å². The number of rotatable bonds is 3. The van der Waals surface area contributed by atoms with Gasteiger partial charge in [-0.2, -0.15) is 0 Å². The summed E-state index contributed by atoms with van der Waals surface area (Å²) in [4.78, 5) is 4.75. The van der Waals surface area contributed by atoms with Crippen molar-refractivity contribution in [3.63, 3.8) is 0 Å². The van der Waals surface area contributed by atoms with Crippen molar-refractivity contribution in [2.75, 3.05) is 13.2 Å². The van der Waals surface area contributed by atoms with Crippen molar-refractivity contribution in [3.05, 3.63) is 29.6 Å². The highest BCUT2D eigenvalue weighted by molar-refractivity contribution is 5.77. The van der Waals surface area contributed by atoms with Gasteiger partial charge in [0, 0.05) is 12.6 Å². The van der Waals surface area contributed by atoms with E-state index in [-0.39, 0.29) is 0 Å². The van der Waals surface area contributed by atoms with Gasteiger partial charge in [0.1, 0.15) is 12.4 Å². The summed E-state index contributed by atoms with van der Waals surface area (Å²) in [6.07, 6.45) is 6.79. The number of imidazole rings is 1. The van der Waals surface area contributed by atoms with E-state index in [0.717, 1.165) is 24.5 Å². The van der Waals surface area contributed by atoms with Crippen LogP contribution < -0.4 is 5.32 Å². The summed E-state index contributed by atoms with van der Waals surface area (Å²) in [5.74, 6) is 1.07. The van der Waals surface area contributed by atoms with Crippen LogP contribution in [0.5, 0.6) is 0 Å². The minimum Gasteiger partial charge on any atom is -0.371 e. The zero-order valence-electron chi connectivity index (χ0n) is 13.3. The Hall–Kier alpha value is -1.39. The van der Waals surface area contributed by atoms with E-state index in [2.05, 4.69) is 35.0 Å². The molecule has 2 aromatic rings. The Balaban J connectivity index is 1.57. The lowest BCUT2D eigenvalue weighted by Crippen LogP contribution is -2.38. The molecule has 0 radical (unpaired) electrons. The Morgan fingerprint density at radius 2 is 2.14 bits per heavy atom. The van der Waals surface area contributed by atoms with Gasteiger partial charge in [-0.05, 0) is 37.5 Å². The molecule has 0 bridgehead atoms. The number of hydrogen-bond donors (Lipinski definition) is 1. The highest BCUT2D eigenvalue weighted by Crippen LogP contribution is 2.27. The van der Waals surface area contributed by atoms with Gasteiger partial charge < -0.3 is 14.6 Å². The molecule has 1 aliphatic carbocycles. The predicted molar refractivity (Wildman–Crippen MR) is 88.0 cm³/mol. The summed E-state index contributed by atoms with van der Waals surface area (Å²) in [7, 11) is 0. The maximum absolute atomic E-state index is 5.78. The molecule has 22 heavy (non-hydrogen) atoms. The van der Waals surface area contributed by atoms with E-state index in [1.807, 2.05) is 0 Å². The van der Waals surface area contributed by atoms with Crippen LogP contribution in [-0.2, 0) is 11.3 Å². The topological polar surface area (TPSA) is 39.1 Å². The highest BCUT2D eigenvalue weighted by atomic mass is 16.5. The standard InChI is InChI=1S/C18H25N3O/c1-13-7-8-16-17(9-13)21-15(11-22-12-18(21)20-16)10-19-14-5-3-2-4-6-14/h7-9,14-15,19H,2-6,10-12H2,1H3/t15-/m0/s1. The Kier molecular flexibility index (Phi) is 3.89. The number of aromatic nitrogens is 2. The second kappa shape index (κ2) is 6.01. The van der Waals surface area contributed by atoms with Crippen molar-refractivity contribution in [2.24, 2.45) is 0 Å². The van der Waals surface area contributed by atoms with Gasteiger partial charge in [-0.1, -0.05) is 25.3 Å². The monoisotopic (exact) mass is 299 g/mol. The van der Waals surface area contributed by atoms with Crippen molar-refractivity contribution in [3.8, 4) is 0 Å². The van der Waals surface area contributed by atoms with Crippen molar-refractivity contribution >= 4 is 11.0 Å². The molecule has 4 heteroatoms. The molecule has 1 saturated carbocycles. The molecule has 4 nitrogen and oxygen atoms in total. The number of hydrogen-bond acceptors (Lipinski definition) is 3. The van der Waals surface area contributed by atoms with E-state index in [4.69, 9.17) is 9.72 Å². The summed E-state index contributed by atoms with van der Waals surface area (Å²) in [6.45, 7) is 4.55. The summed E-state index contributed by atoms with van der Waals surface area (Å²) in [5.41, 5.74) is 3.64. The molecular weight excluding hydrogens is 274 g/mol. The third-order valence-electron chi connectivity index (χ3n) is 5.07. The van der Waals surface area contributed by atoms with E-state index in [0.29, 0.717) is 18.7 Å². The first kappa shape index (κ1) is 14.2. The average Bonchev–Trinajstić information content (AvgIpc) is 2.92. The lowest BCUT2D eigenvalue weighted by atomic mass is 9.95. The lowest BCUT2D eigenvalue weighted by molar-refractivity contribution is 0.0551. The normalized spacial score (nSPS) is 22.9. The average molecular weight is 299 g/mol. The van der Waals surface area contributed by atoms with Crippen LogP contribution in [0.2, 0.25) is 0 Å². The summed E-state index contributed by atoms with van der Waals surface area (Å²) < 4.78 is 8.19. The van der Waals surface area contributed by atoms with Crippen LogP contribution in [0.1, 0.15) is 49.5 Å². The maximum Gasteiger partial charge on any atom is 0.136 e. The molecule has 0 saturated heterocycles. The van der Waals surface area contributed by atoms with Crippen LogP contribution in [0.15, 0.2) is 18.2 Å². The van der Waals surface area contributed by atoms with Gasteiger partial charge in [-0.15, -0.1) is 0 Å². The molecule has 1 aromatic heterocycles.